The molecular formula is C17H18N4. The first-order valence-electron chi connectivity index (χ1n) is 6.96. The lowest BCUT2D eigenvalue weighted by molar-refractivity contribution is 0.635. The molecule has 0 atom stereocenters. The molecule has 3 heterocycles. The number of pyridine rings is 3. The summed E-state index contributed by atoms with van der Waals surface area (Å²) >= 11 is 0. The quantitative estimate of drug-likeness (QED) is 0.772. The van der Waals surface area contributed by atoms with Crippen LogP contribution in [0.4, 0.5) is 5.69 Å². The van der Waals surface area contributed by atoms with Crippen LogP contribution in [0.15, 0.2) is 49.1 Å². The van der Waals surface area contributed by atoms with E-state index < -0.39 is 0 Å². The van der Waals surface area contributed by atoms with E-state index in [1.54, 1.807) is 24.8 Å². The Labute approximate surface area is 124 Å². The molecule has 3 rings (SSSR count). The zero-order chi connectivity index (χ0) is 14.9. The van der Waals surface area contributed by atoms with Crippen LogP contribution in [0.25, 0.3) is 22.2 Å². The first-order chi connectivity index (χ1) is 10.0. The van der Waals surface area contributed by atoms with Crippen molar-refractivity contribution in [1.29, 1.82) is 0 Å². The fourth-order valence-corrected chi connectivity index (χ4v) is 2.26. The van der Waals surface area contributed by atoms with Crippen LogP contribution in [0.2, 0.25) is 0 Å². The smallest absolute Gasteiger partial charge is 0.0913 e. The summed E-state index contributed by atoms with van der Waals surface area (Å²) in [7, 11) is 0. The van der Waals surface area contributed by atoms with Crippen LogP contribution in [0.1, 0.15) is 20.8 Å². The second kappa shape index (κ2) is 5.13. The van der Waals surface area contributed by atoms with E-state index in [1.807, 2.05) is 18.2 Å². The number of hydrogen-bond acceptors (Lipinski definition) is 4. The predicted molar refractivity (Wildman–Crippen MR) is 86.1 cm³/mol. The van der Waals surface area contributed by atoms with Gasteiger partial charge >= 0.3 is 0 Å². The molecule has 1 N–H and O–H groups in total. The maximum Gasteiger partial charge on any atom is 0.0913 e. The molecule has 3 aromatic heterocycles. The minimum atomic E-state index is -0.0208. The molecule has 4 heteroatoms. The van der Waals surface area contributed by atoms with E-state index in [4.69, 9.17) is 4.98 Å². The van der Waals surface area contributed by atoms with Crippen LogP contribution in [-0.2, 0) is 0 Å². The molecule has 0 saturated heterocycles. The molecule has 0 saturated carbocycles. The Hall–Kier alpha value is -2.49. The van der Waals surface area contributed by atoms with Crippen molar-refractivity contribution in [2.45, 2.75) is 26.3 Å². The average molecular weight is 278 g/mol. The van der Waals surface area contributed by atoms with Crippen LogP contribution >= 0.6 is 0 Å². The largest absolute Gasteiger partial charge is 0.380 e. The molecule has 4 nitrogen and oxygen atoms in total. The van der Waals surface area contributed by atoms with Crippen molar-refractivity contribution in [2.24, 2.45) is 0 Å². The molecule has 0 fully saturated rings. The molecule has 0 amide bonds. The normalized spacial score (nSPS) is 11.6. The van der Waals surface area contributed by atoms with Crippen molar-refractivity contribution in [3.8, 4) is 11.3 Å². The van der Waals surface area contributed by atoms with Crippen LogP contribution in [0, 0.1) is 0 Å². The molecule has 0 spiro atoms. The van der Waals surface area contributed by atoms with Gasteiger partial charge in [0.25, 0.3) is 0 Å². The molecule has 0 unspecified atom stereocenters. The summed E-state index contributed by atoms with van der Waals surface area (Å²) in [5.74, 6) is 0. The summed E-state index contributed by atoms with van der Waals surface area (Å²) in [6, 6.07) is 8.01. The number of fused-ring (bicyclic) bond motifs is 1. The Morgan fingerprint density at radius 1 is 0.952 bits per heavy atom. The second-order valence-corrected chi connectivity index (χ2v) is 6.06. The summed E-state index contributed by atoms with van der Waals surface area (Å²) < 4.78 is 0. The van der Waals surface area contributed by atoms with E-state index in [0.29, 0.717) is 0 Å². The zero-order valence-corrected chi connectivity index (χ0v) is 12.5. The van der Waals surface area contributed by atoms with Gasteiger partial charge in [-0.2, -0.15) is 0 Å². The standard InChI is InChI=1S/C17H18N4/c1-17(2,3)21-15-10-14(12-4-7-18-8-5-12)20-16-11-19-9-6-13(15)16/h4-11H,1-3H3,(H,20,21). The Balaban J connectivity index is 2.20. The van der Waals surface area contributed by atoms with Gasteiger partial charge in [-0.1, -0.05) is 0 Å². The monoisotopic (exact) mass is 278 g/mol. The third-order valence-electron chi connectivity index (χ3n) is 3.10. The molecular weight excluding hydrogens is 260 g/mol. The van der Waals surface area contributed by atoms with Crippen LogP contribution in [0.3, 0.4) is 0 Å². The van der Waals surface area contributed by atoms with Gasteiger partial charge in [0.2, 0.25) is 0 Å². The first kappa shape index (κ1) is 13.5. The van der Waals surface area contributed by atoms with Crippen molar-refractivity contribution < 1.29 is 0 Å². The van der Waals surface area contributed by atoms with Gasteiger partial charge < -0.3 is 5.32 Å². The number of rotatable bonds is 2. The molecule has 0 aliphatic rings. The minimum Gasteiger partial charge on any atom is -0.380 e. The van der Waals surface area contributed by atoms with E-state index in [0.717, 1.165) is 27.8 Å². The number of anilines is 1. The fourth-order valence-electron chi connectivity index (χ4n) is 2.26. The van der Waals surface area contributed by atoms with E-state index in [9.17, 15) is 0 Å². The van der Waals surface area contributed by atoms with E-state index in [1.165, 1.54) is 0 Å². The second-order valence-electron chi connectivity index (χ2n) is 6.06. The highest BCUT2D eigenvalue weighted by Crippen LogP contribution is 2.29. The number of nitrogens with one attached hydrogen (secondary N) is 1. The number of hydrogen-bond donors (Lipinski definition) is 1. The summed E-state index contributed by atoms with van der Waals surface area (Å²) in [5, 5.41) is 4.63. The molecule has 0 aliphatic carbocycles. The fraction of sp³-hybridized carbons (Fsp3) is 0.235. The zero-order valence-electron chi connectivity index (χ0n) is 12.5. The van der Waals surface area contributed by atoms with Crippen molar-refractivity contribution in [3.63, 3.8) is 0 Å². The molecule has 21 heavy (non-hydrogen) atoms. The van der Waals surface area contributed by atoms with Gasteiger partial charge in [0.05, 0.1) is 17.4 Å². The molecule has 0 aromatic carbocycles. The lowest BCUT2D eigenvalue weighted by Crippen LogP contribution is -2.26. The molecule has 3 aromatic rings. The van der Waals surface area contributed by atoms with Crippen molar-refractivity contribution >= 4 is 16.6 Å². The minimum absolute atomic E-state index is 0.0208. The van der Waals surface area contributed by atoms with Gasteiger partial charge in [0, 0.05) is 40.8 Å². The maximum atomic E-state index is 4.71. The van der Waals surface area contributed by atoms with Gasteiger partial charge in [-0.25, -0.2) is 4.98 Å². The lowest BCUT2D eigenvalue weighted by Gasteiger charge is -2.23. The summed E-state index contributed by atoms with van der Waals surface area (Å²) in [6.45, 7) is 6.44. The van der Waals surface area contributed by atoms with Gasteiger partial charge in [0.1, 0.15) is 0 Å². The predicted octanol–water partition coefficient (Wildman–Crippen LogP) is 3.90. The van der Waals surface area contributed by atoms with Crippen molar-refractivity contribution in [2.75, 3.05) is 5.32 Å². The molecule has 0 bridgehead atoms. The van der Waals surface area contributed by atoms with E-state index in [2.05, 4.69) is 42.1 Å². The lowest BCUT2D eigenvalue weighted by atomic mass is 10.1. The third-order valence-corrected chi connectivity index (χ3v) is 3.10. The highest BCUT2D eigenvalue weighted by molar-refractivity contribution is 5.93. The summed E-state index contributed by atoms with van der Waals surface area (Å²) in [5.41, 5.74) is 3.91. The number of aromatic nitrogens is 3. The topological polar surface area (TPSA) is 50.7 Å². The Bertz CT molecular complexity index is 761. The average Bonchev–Trinajstić information content (AvgIpc) is 2.46. The van der Waals surface area contributed by atoms with Gasteiger partial charge in [-0.05, 0) is 45.0 Å². The molecule has 0 aliphatic heterocycles. The first-order valence-corrected chi connectivity index (χ1v) is 6.96. The van der Waals surface area contributed by atoms with Gasteiger partial charge in [-0.15, -0.1) is 0 Å². The van der Waals surface area contributed by atoms with Gasteiger partial charge in [-0.3, -0.25) is 9.97 Å². The summed E-state index contributed by atoms with van der Waals surface area (Å²) in [6.07, 6.45) is 7.15. The Kier molecular flexibility index (Phi) is 3.29. The molecule has 0 radical (unpaired) electrons. The highest BCUT2D eigenvalue weighted by atomic mass is 15.0. The summed E-state index contributed by atoms with van der Waals surface area (Å²) in [4.78, 5) is 12.9. The van der Waals surface area contributed by atoms with Crippen LogP contribution in [0.5, 0.6) is 0 Å². The Morgan fingerprint density at radius 2 is 1.67 bits per heavy atom. The number of nitrogens with zero attached hydrogens (tertiary/aromatic N) is 3. The van der Waals surface area contributed by atoms with Gasteiger partial charge in [0.15, 0.2) is 0 Å². The van der Waals surface area contributed by atoms with Crippen LogP contribution < -0.4 is 5.32 Å². The maximum absolute atomic E-state index is 4.71. The van der Waals surface area contributed by atoms with Crippen LogP contribution in [-0.4, -0.2) is 20.5 Å². The van der Waals surface area contributed by atoms with E-state index >= 15 is 0 Å². The van der Waals surface area contributed by atoms with E-state index in [-0.39, 0.29) is 5.54 Å². The van der Waals surface area contributed by atoms with Crippen molar-refractivity contribution in [1.82, 2.24) is 15.0 Å². The molecule has 106 valence electrons. The highest BCUT2D eigenvalue weighted by Gasteiger charge is 2.14. The SMILES string of the molecule is CC(C)(C)Nc1cc(-c2ccncc2)nc2cnccc12. The third kappa shape index (κ3) is 2.99. The van der Waals surface area contributed by atoms with Crippen molar-refractivity contribution in [3.05, 3.63) is 49.1 Å². The Morgan fingerprint density at radius 3 is 2.38 bits per heavy atom.